The molecule has 0 aromatic heterocycles. The predicted molar refractivity (Wildman–Crippen MR) is 101 cm³/mol. The quantitative estimate of drug-likeness (QED) is 0.511. The highest BCUT2D eigenvalue weighted by atomic mass is 32.2. The van der Waals surface area contributed by atoms with Crippen molar-refractivity contribution in [2.75, 3.05) is 0 Å². The standard InChI is InChI=1S/C19H17N3O2S/c1-13-7-9-15(10-8-13)16(23)11-17-18(24)21-19(25-17)22-20-12-14-5-3-2-4-6-14/h2-10,12,17H,11H2,1H3,(H,21,22,24)/b20-12-/t17-/m1/s1. The van der Waals surface area contributed by atoms with Gasteiger partial charge in [-0.05, 0) is 12.5 Å². The molecule has 5 nitrogen and oxygen atoms in total. The molecule has 2 aromatic rings. The van der Waals surface area contributed by atoms with Crippen molar-refractivity contribution < 1.29 is 9.59 Å². The van der Waals surface area contributed by atoms with E-state index in [1.54, 1.807) is 18.3 Å². The number of rotatable bonds is 5. The molecule has 1 amide bonds. The number of hydrogen-bond acceptors (Lipinski definition) is 5. The van der Waals surface area contributed by atoms with E-state index >= 15 is 0 Å². The SMILES string of the molecule is Cc1ccc(C(=O)C[C@H]2S/C(=N\N=C/c3ccccc3)NC2=O)cc1. The van der Waals surface area contributed by atoms with Crippen LogP contribution in [0.2, 0.25) is 0 Å². The number of hydrogen-bond donors (Lipinski definition) is 1. The van der Waals surface area contributed by atoms with E-state index in [1.165, 1.54) is 11.8 Å². The lowest BCUT2D eigenvalue weighted by Gasteiger charge is -2.04. The van der Waals surface area contributed by atoms with E-state index in [1.807, 2.05) is 49.4 Å². The van der Waals surface area contributed by atoms with Gasteiger partial charge in [0.15, 0.2) is 11.0 Å². The molecule has 0 aliphatic carbocycles. The van der Waals surface area contributed by atoms with E-state index in [0.717, 1.165) is 11.1 Å². The van der Waals surface area contributed by atoms with Crippen molar-refractivity contribution in [2.24, 2.45) is 10.2 Å². The molecule has 6 heteroatoms. The van der Waals surface area contributed by atoms with Gasteiger partial charge in [-0.1, -0.05) is 71.9 Å². The Kier molecular flexibility index (Phi) is 5.40. The fourth-order valence-corrected chi connectivity index (χ4v) is 3.22. The summed E-state index contributed by atoms with van der Waals surface area (Å²) in [5.41, 5.74) is 2.63. The number of ketones is 1. The average molecular weight is 351 g/mol. The number of amidine groups is 1. The van der Waals surface area contributed by atoms with E-state index in [2.05, 4.69) is 15.5 Å². The first-order valence-electron chi connectivity index (χ1n) is 7.85. The van der Waals surface area contributed by atoms with Gasteiger partial charge in [-0.3, -0.25) is 9.59 Å². The number of amides is 1. The first-order chi connectivity index (χ1) is 12.1. The van der Waals surface area contributed by atoms with Gasteiger partial charge in [-0.25, -0.2) is 0 Å². The second-order valence-corrected chi connectivity index (χ2v) is 6.84. The van der Waals surface area contributed by atoms with Crippen LogP contribution < -0.4 is 5.32 Å². The predicted octanol–water partition coefficient (Wildman–Crippen LogP) is 3.19. The highest BCUT2D eigenvalue weighted by molar-refractivity contribution is 8.15. The van der Waals surface area contributed by atoms with E-state index in [9.17, 15) is 9.59 Å². The van der Waals surface area contributed by atoms with Crippen molar-refractivity contribution in [3.05, 3.63) is 71.3 Å². The lowest BCUT2D eigenvalue weighted by atomic mass is 10.0. The first-order valence-corrected chi connectivity index (χ1v) is 8.73. The molecule has 1 aliphatic rings. The normalized spacial score (nSPS) is 18.7. The monoisotopic (exact) mass is 351 g/mol. The summed E-state index contributed by atoms with van der Waals surface area (Å²) in [7, 11) is 0. The Labute approximate surface area is 150 Å². The maximum absolute atomic E-state index is 12.3. The third kappa shape index (κ3) is 4.64. The molecule has 25 heavy (non-hydrogen) atoms. The van der Waals surface area contributed by atoms with Crippen molar-refractivity contribution >= 4 is 34.8 Å². The molecule has 0 saturated carbocycles. The number of aryl methyl sites for hydroxylation is 1. The van der Waals surface area contributed by atoms with Crippen LogP contribution in [0.1, 0.15) is 27.9 Å². The van der Waals surface area contributed by atoms with Gasteiger partial charge in [0.2, 0.25) is 5.91 Å². The number of benzene rings is 2. The molecular weight excluding hydrogens is 334 g/mol. The lowest BCUT2D eigenvalue weighted by molar-refractivity contribution is -0.118. The van der Waals surface area contributed by atoms with Crippen LogP contribution in [0.15, 0.2) is 64.8 Å². The lowest BCUT2D eigenvalue weighted by Crippen LogP contribution is -2.26. The van der Waals surface area contributed by atoms with E-state index in [4.69, 9.17) is 0 Å². The second-order valence-electron chi connectivity index (χ2n) is 5.65. The molecule has 0 spiro atoms. The van der Waals surface area contributed by atoms with Gasteiger partial charge >= 0.3 is 0 Å². The minimum Gasteiger partial charge on any atom is -0.303 e. The van der Waals surface area contributed by atoms with E-state index in [0.29, 0.717) is 10.7 Å². The largest absolute Gasteiger partial charge is 0.303 e. The Bertz CT molecular complexity index is 830. The fraction of sp³-hybridized carbons (Fsp3) is 0.158. The zero-order valence-corrected chi connectivity index (χ0v) is 14.5. The van der Waals surface area contributed by atoms with Crippen LogP contribution in [0.25, 0.3) is 0 Å². The van der Waals surface area contributed by atoms with Crippen LogP contribution in [0, 0.1) is 6.92 Å². The van der Waals surface area contributed by atoms with E-state index in [-0.39, 0.29) is 18.1 Å². The van der Waals surface area contributed by atoms with Crippen LogP contribution >= 0.6 is 11.8 Å². The number of nitrogens with zero attached hydrogens (tertiary/aromatic N) is 2. The molecular formula is C19H17N3O2S. The van der Waals surface area contributed by atoms with Crippen molar-refractivity contribution in [2.45, 2.75) is 18.6 Å². The summed E-state index contributed by atoms with van der Waals surface area (Å²) in [4.78, 5) is 24.3. The highest BCUT2D eigenvalue weighted by Gasteiger charge is 2.32. The zero-order chi connectivity index (χ0) is 17.6. The third-order valence-electron chi connectivity index (χ3n) is 3.68. The summed E-state index contributed by atoms with van der Waals surface area (Å²) in [6, 6.07) is 16.9. The molecule has 126 valence electrons. The summed E-state index contributed by atoms with van der Waals surface area (Å²) < 4.78 is 0. The maximum Gasteiger partial charge on any atom is 0.240 e. The van der Waals surface area contributed by atoms with Crippen LogP contribution in [0.4, 0.5) is 0 Å². The van der Waals surface area contributed by atoms with Crippen molar-refractivity contribution in [1.82, 2.24) is 5.32 Å². The number of carbonyl (C=O) groups is 2. The van der Waals surface area contributed by atoms with Crippen molar-refractivity contribution in [3.63, 3.8) is 0 Å². The Morgan fingerprint density at radius 3 is 2.60 bits per heavy atom. The van der Waals surface area contributed by atoms with E-state index < -0.39 is 5.25 Å². The topological polar surface area (TPSA) is 70.9 Å². The number of thioether (sulfide) groups is 1. The number of carbonyl (C=O) groups excluding carboxylic acids is 2. The molecule has 1 N–H and O–H groups in total. The van der Waals surface area contributed by atoms with Crippen molar-refractivity contribution in [3.8, 4) is 0 Å². The first kappa shape index (κ1) is 17.1. The molecule has 0 radical (unpaired) electrons. The average Bonchev–Trinajstić information content (AvgIpc) is 2.96. The second kappa shape index (κ2) is 7.90. The van der Waals surface area contributed by atoms with Crippen LogP contribution in [-0.4, -0.2) is 28.3 Å². The zero-order valence-electron chi connectivity index (χ0n) is 13.7. The molecule has 1 heterocycles. The van der Waals surface area contributed by atoms with Gasteiger partial charge in [0.1, 0.15) is 0 Å². The van der Waals surface area contributed by atoms with Crippen molar-refractivity contribution in [1.29, 1.82) is 0 Å². The smallest absolute Gasteiger partial charge is 0.240 e. The molecule has 2 aromatic carbocycles. The maximum atomic E-state index is 12.3. The summed E-state index contributed by atoms with van der Waals surface area (Å²) >= 11 is 1.23. The van der Waals surface area contributed by atoms with Crippen LogP contribution in [0.5, 0.6) is 0 Å². The minimum atomic E-state index is -0.473. The van der Waals surface area contributed by atoms with Gasteiger partial charge < -0.3 is 5.32 Å². The molecule has 0 unspecified atom stereocenters. The molecule has 1 fully saturated rings. The molecule has 1 aliphatic heterocycles. The Morgan fingerprint density at radius 2 is 1.88 bits per heavy atom. The number of nitrogens with one attached hydrogen (secondary N) is 1. The Hall–Kier alpha value is -2.73. The highest BCUT2D eigenvalue weighted by Crippen LogP contribution is 2.24. The summed E-state index contributed by atoms with van der Waals surface area (Å²) in [5, 5.41) is 10.6. The molecule has 1 atom stereocenters. The molecule has 3 rings (SSSR count). The van der Waals surface area contributed by atoms with Crippen LogP contribution in [0.3, 0.4) is 0 Å². The van der Waals surface area contributed by atoms with Gasteiger partial charge in [-0.2, -0.15) is 5.10 Å². The van der Waals surface area contributed by atoms with Gasteiger partial charge in [0.05, 0.1) is 11.5 Å². The molecule has 1 saturated heterocycles. The summed E-state index contributed by atoms with van der Waals surface area (Å²) in [6.07, 6.45) is 1.76. The van der Waals surface area contributed by atoms with Gasteiger partial charge in [0, 0.05) is 12.0 Å². The summed E-state index contributed by atoms with van der Waals surface area (Å²) in [6.45, 7) is 1.97. The number of Topliss-reactive ketones (excluding diaryl/α,β-unsaturated/α-hetero) is 1. The molecule has 0 bridgehead atoms. The Balaban J connectivity index is 1.60. The Morgan fingerprint density at radius 1 is 1.16 bits per heavy atom. The van der Waals surface area contributed by atoms with Gasteiger partial charge in [0.25, 0.3) is 0 Å². The fourth-order valence-electron chi connectivity index (χ4n) is 2.30. The third-order valence-corrected chi connectivity index (χ3v) is 4.75. The summed E-state index contributed by atoms with van der Waals surface area (Å²) in [5.74, 6) is -0.263. The van der Waals surface area contributed by atoms with Crippen LogP contribution in [-0.2, 0) is 4.79 Å². The van der Waals surface area contributed by atoms with Gasteiger partial charge in [-0.15, -0.1) is 5.10 Å². The minimum absolute atomic E-state index is 0.0540.